The van der Waals surface area contributed by atoms with Gasteiger partial charge < -0.3 is 10.1 Å². The zero-order chi connectivity index (χ0) is 11.0. The standard InChI is InChI=1S/C13H16N2O/c16-12-5-7-15(9-12)8-11-3-1-2-10-4-6-14-13(10)11/h1-4,6,12,14,16H,5,7-9H2/t12-/m1/s1. The van der Waals surface area contributed by atoms with Gasteiger partial charge in [0.05, 0.1) is 6.10 Å². The summed E-state index contributed by atoms with van der Waals surface area (Å²) >= 11 is 0. The summed E-state index contributed by atoms with van der Waals surface area (Å²) in [6, 6.07) is 8.47. The molecule has 84 valence electrons. The predicted molar refractivity (Wildman–Crippen MR) is 64.2 cm³/mol. The number of aliphatic hydroxyl groups is 1. The average Bonchev–Trinajstić information content (AvgIpc) is 2.87. The van der Waals surface area contributed by atoms with Crippen LogP contribution in [0.5, 0.6) is 0 Å². The van der Waals surface area contributed by atoms with Crippen molar-refractivity contribution in [2.75, 3.05) is 13.1 Å². The molecule has 3 nitrogen and oxygen atoms in total. The topological polar surface area (TPSA) is 39.3 Å². The molecule has 2 N–H and O–H groups in total. The highest BCUT2D eigenvalue weighted by atomic mass is 16.3. The van der Waals surface area contributed by atoms with Crippen molar-refractivity contribution < 1.29 is 5.11 Å². The van der Waals surface area contributed by atoms with E-state index in [4.69, 9.17) is 0 Å². The summed E-state index contributed by atoms with van der Waals surface area (Å²) in [5.74, 6) is 0. The van der Waals surface area contributed by atoms with Gasteiger partial charge in [-0.05, 0) is 23.4 Å². The molecule has 0 bridgehead atoms. The van der Waals surface area contributed by atoms with Crippen LogP contribution in [0.15, 0.2) is 30.5 Å². The number of β-amino-alcohol motifs (C(OH)–C–C–N with tert-alkyl or cyclic N) is 1. The molecule has 3 heteroatoms. The number of benzene rings is 1. The minimum atomic E-state index is -0.136. The van der Waals surface area contributed by atoms with Gasteiger partial charge in [0.25, 0.3) is 0 Å². The summed E-state index contributed by atoms with van der Waals surface area (Å²) < 4.78 is 0. The number of rotatable bonds is 2. The molecule has 1 aromatic heterocycles. The van der Waals surface area contributed by atoms with Crippen LogP contribution in [0.4, 0.5) is 0 Å². The number of nitrogens with one attached hydrogen (secondary N) is 1. The van der Waals surface area contributed by atoms with Gasteiger partial charge in [0.15, 0.2) is 0 Å². The van der Waals surface area contributed by atoms with Gasteiger partial charge in [0.2, 0.25) is 0 Å². The first-order chi connectivity index (χ1) is 7.83. The van der Waals surface area contributed by atoms with Gasteiger partial charge in [-0.2, -0.15) is 0 Å². The van der Waals surface area contributed by atoms with Crippen molar-refractivity contribution in [1.29, 1.82) is 0 Å². The molecule has 0 amide bonds. The molecule has 2 aromatic rings. The highest BCUT2D eigenvalue weighted by Crippen LogP contribution is 2.20. The van der Waals surface area contributed by atoms with Crippen molar-refractivity contribution in [2.24, 2.45) is 0 Å². The maximum Gasteiger partial charge on any atom is 0.0679 e. The number of fused-ring (bicyclic) bond motifs is 1. The van der Waals surface area contributed by atoms with E-state index in [9.17, 15) is 5.11 Å². The summed E-state index contributed by atoms with van der Waals surface area (Å²) in [5, 5.41) is 10.8. The monoisotopic (exact) mass is 216 g/mol. The summed E-state index contributed by atoms with van der Waals surface area (Å²) in [7, 11) is 0. The number of nitrogens with zero attached hydrogens (tertiary/aromatic N) is 1. The van der Waals surface area contributed by atoms with Crippen molar-refractivity contribution >= 4 is 10.9 Å². The Hall–Kier alpha value is -1.32. The molecule has 0 aliphatic carbocycles. The highest BCUT2D eigenvalue weighted by Gasteiger charge is 2.20. The lowest BCUT2D eigenvalue weighted by Gasteiger charge is -2.15. The number of aliphatic hydroxyl groups excluding tert-OH is 1. The van der Waals surface area contributed by atoms with E-state index in [1.807, 2.05) is 6.20 Å². The second-order valence-electron chi connectivity index (χ2n) is 4.54. The minimum Gasteiger partial charge on any atom is -0.392 e. The Kier molecular flexibility index (Phi) is 2.42. The van der Waals surface area contributed by atoms with Gasteiger partial charge in [-0.3, -0.25) is 4.90 Å². The quantitative estimate of drug-likeness (QED) is 0.802. The largest absolute Gasteiger partial charge is 0.392 e. The second-order valence-corrected chi connectivity index (χ2v) is 4.54. The number of aromatic amines is 1. The van der Waals surface area contributed by atoms with E-state index in [2.05, 4.69) is 34.1 Å². The van der Waals surface area contributed by atoms with E-state index >= 15 is 0 Å². The highest BCUT2D eigenvalue weighted by molar-refractivity contribution is 5.82. The smallest absolute Gasteiger partial charge is 0.0679 e. The van der Waals surface area contributed by atoms with Crippen LogP contribution in [0, 0.1) is 0 Å². The Bertz CT molecular complexity index is 491. The molecule has 1 aliphatic heterocycles. The predicted octanol–water partition coefficient (Wildman–Crippen LogP) is 1.73. The molecular weight excluding hydrogens is 200 g/mol. The number of H-pyrrole nitrogens is 1. The summed E-state index contributed by atoms with van der Waals surface area (Å²) in [5.41, 5.74) is 2.54. The van der Waals surface area contributed by atoms with E-state index in [1.165, 1.54) is 16.5 Å². The van der Waals surface area contributed by atoms with Crippen LogP contribution >= 0.6 is 0 Å². The lowest BCUT2D eigenvalue weighted by Crippen LogP contribution is -2.21. The molecule has 1 aliphatic rings. The maximum atomic E-state index is 9.50. The lowest BCUT2D eigenvalue weighted by atomic mass is 10.1. The van der Waals surface area contributed by atoms with E-state index in [0.29, 0.717) is 0 Å². The fraction of sp³-hybridized carbons (Fsp3) is 0.385. The number of likely N-dealkylation sites (tertiary alicyclic amines) is 1. The Morgan fingerprint density at radius 1 is 1.38 bits per heavy atom. The molecule has 2 heterocycles. The molecule has 0 spiro atoms. The third-order valence-corrected chi connectivity index (χ3v) is 3.31. The lowest BCUT2D eigenvalue weighted by molar-refractivity contribution is 0.175. The van der Waals surface area contributed by atoms with Crippen LogP contribution in [0.3, 0.4) is 0 Å². The first-order valence-electron chi connectivity index (χ1n) is 5.78. The molecule has 0 unspecified atom stereocenters. The molecule has 3 rings (SSSR count). The van der Waals surface area contributed by atoms with Crippen LogP contribution < -0.4 is 0 Å². The summed E-state index contributed by atoms with van der Waals surface area (Å²) in [6.45, 7) is 2.73. The third-order valence-electron chi connectivity index (χ3n) is 3.31. The maximum absolute atomic E-state index is 9.50. The molecule has 0 radical (unpaired) electrons. The van der Waals surface area contributed by atoms with E-state index in [1.54, 1.807) is 0 Å². The fourth-order valence-electron chi connectivity index (χ4n) is 2.48. The molecule has 16 heavy (non-hydrogen) atoms. The van der Waals surface area contributed by atoms with E-state index < -0.39 is 0 Å². The first-order valence-corrected chi connectivity index (χ1v) is 5.78. The molecular formula is C13H16N2O. The van der Waals surface area contributed by atoms with Gasteiger partial charge in [-0.25, -0.2) is 0 Å². The van der Waals surface area contributed by atoms with Crippen molar-refractivity contribution in [3.05, 3.63) is 36.0 Å². The molecule has 1 saturated heterocycles. The van der Waals surface area contributed by atoms with Crippen LogP contribution in [0.1, 0.15) is 12.0 Å². The van der Waals surface area contributed by atoms with Crippen LogP contribution in [-0.4, -0.2) is 34.2 Å². The number of aromatic nitrogens is 1. The molecule has 0 saturated carbocycles. The van der Waals surface area contributed by atoms with Gasteiger partial charge in [0, 0.05) is 31.3 Å². The van der Waals surface area contributed by atoms with Crippen molar-refractivity contribution in [3.63, 3.8) is 0 Å². The normalized spacial score (nSPS) is 21.9. The van der Waals surface area contributed by atoms with Gasteiger partial charge in [0.1, 0.15) is 0 Å². The molecule has 1 aromatic carbocycles. The molecule has 1 atom stereocenters. The van der Waals surface area contributed by atoms with E-state index in [-0.39, 0.29) is 6.10 Å². The van der Waals surface area contributed by atoms with Crippen molar-refractivity contribution in [2.45, 2.75) is 19.1 Å². The Balaban J connectivity index is 1.86. The SMILES string of the molecule is O[C@@H]1CCN(Cc2cccc3cc[nH]c23)C1. The van der Waals surface area contributed by atoms with Gasteiger partial charge in [-0.1, -0.05) is 18.2 Å². The summed E-state index contributed by atoms with van der Waals surface area (Å²) in [6.07, 6.45) is 2.75. The van der Waals surface area contributed by atoms with Crippen molar-refractivity contribution in [1.82, 2.24) is 9.88 Å². The fourth-order valence-corrected chi connectivity index (χ4v) is 2.48. The zero-order valence-corrected chi connectivity index (χ0v) is 9.19. The van der Waals surface area contributed by atoms with Crippen molar-refractivity contribution in [3.8, 4) is 0 Å². The number of para-hydroxylation sites is 1. The van der Waals surface area contributed by atoms with E-state index in [0.717, 1.165) is 26.1 Å². The minimum absolute atomic E-state index is 0.136. The summed E-state index contributed by atoms with van der Waals surface area (Å²) in [4.78, 5) is 5.59. The first kappa shape index (κ1) is 9.87. The van der Waals surface area contributed by atoms with Gasteiger partial charge in [-0.15, -0.1) is 0 Å². The average molecular weight is 216 g/mol. The van der Waals surface area contributed by atoms with Crippen LogP contribution in [0.25, 0.3) is 10.9 Å². The zero-order valence-electron chi connectivity index (χ0n) is 9.19. The number of hydrogen-bond donors (Lipinski definition) is 2. The second kappa shape index (κ2) is 3.92. The Labute approximate surface area is 94.7 Å². The van der Waals surface area contributed by atoms with Crippen LogP contribution in [0.2, 0.25) is 0 Å². The molecule has 1 fully saturated rings. The number of hydrogen-bond acceptors (Lipinski definition) is 2. The van der Waals surface area contributed by atoms with Crippen LogP contribution in [-0.2, 0) is 6.54 Å². The third kappa shape index (κ3) is 1.72. The Morgan fingerprint density at radius 2 is 2.31 bits per heavy atom. The van der Waals surface area contributed by atoms with Gasteiger partial charge >= 0.3 is 0 Å². The Morgan fingerprint density at radius 3 is 3.12 bits per heavy atom.